The summed E-state index contributed by atoms with van der Waals surface area (Å²) in [5.74, 6) is -0.709. The van der Waals surface area contributed by atoms with E-state index in [9.17, 15) is 13.6 Å². The van der Waals surface area contributed by atoms with Gasteiger partial charge in [0, 0.05) is 0 Å². The molecule has 0 aliphatic carbocycles. The van der Waals surface area contributed by atoms with Crippen LogP contribution in [0.25, 0.3) is 11.0 Å². The summed E-state index contributed by atoms with van der Waals surface area (Å²) in [5.41, 5.74) is 1.99. The van der Waals surface area contributed by atoms with Gasteiger partial charge in [-0.05, 0) is 67.3 Å². The van der Waals surface area contributed by atoms with Gasteiger partial charge in [0.15, 0.2) is 0 Å². The molecule has 0 radical (unpaired) electrons. The second kappa shape index (κ2) is 7.19. The van der Waals surface area contributed by atoms with Crippen molar-refractivity contribution in [1.82, 2.24) is 14.9 Å². The molecule has 1 aromatic carbocycles. The third-order valence-corrected chi connectivity index (χ3v) is 4.56. The zero-order valence-electron chi connectivity index (χ0n) is 13.9. The second-order valence-electron chi connectivity index (χ2n) is 6.32. The summed E-state index contributed by atoms with van der Waals surface area (Å²) in [7, 11) is 0. The van der Waals surface area contributed by atoms with Crippen molar-refractivity contribution in [2.45, 2.75) is 25.3 Å². The summed E-state index contributed by atoms with van der Waals surface area (Å²) in [6.07, 6.45) is 4.07. The normalized spacial score (nSPS) is 16.3. The molecule has 2 N–H and O–H groups in total. The Morgan fingerprint density at radius 1 is 1.36 bits per heavy atom. The second-order valence-corrected chi connectivity index (χ2v) is 6.32. The monoisotopic (exact) mass is 345 g/mol. The predicted octanol–water partition coefficient (Wildman–Crippen LogP) is 3.53. The van der Waals surface area contributed by atoms with Gasteiger partial charge in [-0.2, -0.15) is 0 Å². The Morgan fingerprint density at radius 3 is 2.76 bits per heavy atom. The lowest BCUT2D eigenvalue weighted by Crippen LogP contribution is -2.26. The molecular weight excluding hydrogens is 324 g/mol. The average Bonchev–Trinajstić information content (AvgIpc) is 2.90. The lowest BCUT2D eigenvalue weighted by atomic mass is 9.89. The average molecular weight is 345 g/mol. The molecule has 0 atom stereocenters. The SMILES string of the molecule is C=C/C(F)=C\C(=C)Cn1c(=O)[nH]c2c(C3CCNCC3)cc(F)cc21. The first-order chi connectivity index (χ1) is 12.0. The van der Waals surface area contributed by atoms with E-state index in [4.69, 9.17) is 0 Å². The molecule has 0 spiro atoms. The first kappa shape index (κ1) is 17.4. The van der Waals surface area contributed by atoms with Crippen LogP contribution >= 0.6 is 0 Å². The van der Waals surface area contributed by atoms with Crippen LogP contribution in [0.1, 0.15) is 24.3 Å². The molecule has 0 amide bonds. The number of allylic oxidation sites excluding steroid dienone is 4. The fourth-order valence-corrected chi connectivity index (χ4v) is 3.36. The molecule has 1 aliphatic heterocycles. The molecule has 2 aromatic rings. The van der Waals surface area contributed by atoms with Crippen LogP contribution in [-0.4, -0.2) is 22.6 Å². The van der Waals surface area contributed by atoms with Gasteiger partial charge in [-0.25, -0.2) is 13.6 Å². The predicted molar refractivity (Wildman–Crippen MR) is 95.9 cm³/mol. The van der Waals surface area contributed by atoms with Crippen molar-refractivity contribution >= 4 is 11.0 Å². The van der Waals surface area contributed by atoms with Crippen LogP contribution in [0.3, 0.4) is 0 Å². The van der Waals surface area contributed by atoms with Crippen molar-refractivity contribution in [3.8, 4) is 0 Å². The summed E-state index contributed by atoms with van der Waals surface area (Å²) in [5, 5.41) is 3.28. The summed E-state index contributed by atoms with van der Waals surface area (Å²) < 4.78 is 28.9. The minimum absolute atomic E-state index is 0.0786. The van der Waals surface area contributed by atoms with Crippen LogP contribution in [0.2, 0.25) is 0 Å². The zero-order chi connectivity index (χ0) is 18.0. The van der Waals surface area contributed by atoms with E-state index in [-0.39, 0.29) is 24.0 Å². The molecule has 0 saturated carbocycles. The van der Waals surface area contributed by atoms with Crippen molar-refractivity contribution < 1.29 is 8.78 Å². The van der Waals surface area contributed by atoms with Crippen molar-refractivity contribution in [3.05, 3.63) is 70.7 Å². The number of halogens is 2. The van der Waals surface area contributed by atoms with E-state index < -0.39 is 5.83 Å². The van der Waals surface area contributed by atoms with Gasteiger partial charge in [0.25, 0.3) is 0 Å². The van der Waals surface area contributed by atoms with E-state index in [0.29, 0.717) is 16.6 Å². The molecule has 25 heavy (non-hydrogen) atoms. The highest BCUT2D eigenvalue weighted by atomic mass is 19.1. The van der Waals surface area contributed by atoms with Gasteiger partial charge < -0.3 is 10.3 Å². The van der Waals surface area contributed by atoms with Crippen molar-refractivity contribution in [2.75, 3.05) is 13.1 Å². The van der Waals surface area contributed by atoms with Gasteiger partial charge in [-0.15, -0.1) is 0 Å². The molecule has 4 nitrogen and oxygen atoms in total. The standard InChI is InChI=1S/C19H21F2N3O/c1-3-14(20)8-12(2)11-24-17-10-15(21)9-16(18(17)23-19(24)25)13-4-6-22-7-5-13/h3,8-10,13,22H,1-2,4-7,11H2,(H,23,25)/b14-8+. The highest BCUT2D eigenvalue weighted by molar-refractivity contribution is 5.80. The number of piperidine rings is 1. The maximum atomic E-state index is 14.2. The summed E-state index contributed by atoms with van der Waals surface area (Å²) >= 11 is 0. The molecule has 2 heterocycles. The number of rotatable bonds is 5. The van der Waals surface area contributed by atoms with Crippen LogP contribution in [0.15, 0.2) is 53.6 Å². The lowest BCUT2D eigenvalue weighted by Gasteiger charge is -2.23. The van der Waals surface area contributed by atoms with E-state index in [0.717, 1.165) is 37.6 Å². The molecule has 1 saturated heterocycles. The minimum Gasteiger partial charge on any atom is -0.317 e. The van der Waals surface area contributed by atoms with E-state index in [1.807, 2.05) is 0 Å². The third-order valence-electron chi connectivity index (χ3n) is 4.56. The van der Waals surface area contributed by atoms with Crippen LogP contribution in [-0.2, 0) is 6.54 Å². The largest absolute Gasteiger partial charge is 0.326 e. The number of nitrogens with one attached hydrogen (secondary N) is 2. The van der Waals surface area contributed by atoms with Crippen molar-refractivity contribution in [1.29, 1.82) is 0 Å². The van der Waals surface area contributed by atoms with Crippen molar-refractivity contribution in [2.24, 2.45) is 0 Å². The molecule has 1 aliphatic rings. The fraction of sp³-hybridized carbons (Fsp3) is 0.316. The highest BCUT2D eigenvalue weighted by Gasteiger charge is 2.21. The number of nitrogens with zero attached hydrogens (tertiary/aromatic N) is 1. The van der Waals surface area contributed by atoms with E-state index in [2.05, 4.69) is 23.5 Å². The van der Waals surface area contributed by atoms with E-state index >= 15 is 0 Å². The number of hydrogen-bond acceptors (Lipinski definition) is 2. The Hall–Kier alpha value is -2.47. The molecule has 0 unspecified atom stereocenters. The number of hydrogen-bond donors (Lipinski definition) is 2. The number of aromatic nitrogens is 2. The maximum Gasteiger partial charge on any atom is 0.326 e. The Balaban J connectivity index is 2.04. The lowest BCUT2D eigenvalue weighted by molar-refractivity contribution is 0.460. The van der Waals surface area contributed by atoms with Gasteiger partial charge in [0.2, 0.25) is 0 Å². The summed E-state index contributed by atoms with van der Waals surface area (Å²) in [4.78, 5) is 15.2. The Bertz CT molecular complexity index is 901. The maximum absolute atomic E-state index is 14.2. The minimum atomic E-state index is -0.528. The first-order valence-electron chi connectivity index (χ1n) is 8.29. The molecule has 1 fully saturated rings. The summed E-state index contributed by atoms with van der Waals surface area (Å²) in [6, 6.07) is 2.84. The fourth-order valence-electron chi connectivity index (χ4n) is 3.36. The molecular formula is C19H21F2N3O. The highest BCUT2D eigenvalue weighted by Crippen LogP contribution is 2.31. The Labute approximate surface area is 144 Å². The number of fused-ring (bicyclic) bond motifs is 1. The summed E-state index contributed by atoms with van der Waals surface area (Å²) in [6.45, 7) is 8.92. The number of benzene rings is 1. The van der Waals surface area contributed by atoms with E-state index in [1.54, 1.807) is 0 Å². The molecule has 3 rings (SSSR count). The van der Waals surface area contributed by atoms with Crippen LogP contribution in [0, 0.1) is 5.82 Å². The molecule has 1 aromatic heterocycles. The van der Waals surface area contributed by atoms with Crippen LogP contribution in [0.4, 0.5) is 8.78 Å². The molecule has 132 valence electrons. The number of H-pyrrole nitrogens is 1. The van der Waals surface area contributed by atoms with Gasteiger partial charge in [0.05, 0.1) is 17.6 Å². The van der Waals surface area contributed by atoms with Crippen molar-refractivity contribution in [3.63, 3.8) is 0 Å². The zero-order valence-corrected chi connectivity index (χ0v) is 13.9. The smallest absolute Gasteiger partial charge is 0.317 e. The number of imidazole rings is 1. The number of aromatic amines is 1. The Morgan fingerprint density at radius 2 is 2.08 bits per heavy atom. The quantitative estimate of drug-likeness (QED) is 0.815. The van der Waals surface area contributed by atoms with Gasteiger partial charge in [-0.3, -0.25) is 4.57 Å². The Kier molecular flexibility index (Phi) is 4.99. The topological polar surface area (TPSA) is 49.8 Å². The third kappa shape index (κ3) is 3.64. The van der Waals surface area contributed by atoms with Gasteiger partial charge in [-0.1, -0.05) is 13.2 Å². The van der Waals surface area contributed by atoms with Gasteiger partial charge in [0.1, 0.15) is 11.6 Å². The van der Waals surface area contributed by atoms with Crippen LogP contribution < -0.4 is 11.0 Å². The van der Waals surface area contributed by atoms with E-state index in [1.165, 1.54) is 22.8 Å². The first-order valence-corrected chi connectivity index (χ1v) is 8.29. The van der Waals surface area contributed by atoms with Gasteiger partial charge >= 0.3 is 5.69 Å². The molecule has 0 bridgehead atoms. The van der Waals surface area contributed by atoms with Crippen LogP contribution in [0.5, 0.6) is 0 Å². The molecule has 6 heteroatoms.